The summed E-state index contributed by atoms with van der Waals surface area (Å²) in [7, 11) is 0. The summed E-state index contributed by atoms with van der Waals surface area (Å²) in [6, 6.07) is 10.1. The molecule has 133 valence electrons. The first-order chi connectivity index (χ1) is 12.7. The van der Waals surface area contributed by atoms with Gasteiger partial charge in [0.2, 0.25) is 5.95 Å². The fourth-order valence-electron chi connectivity index (χ4n) is 2.97. The van der Waals surface area contributed by atoms with Crippen LogP contribution in [0.2, 0.25) is 0 Å². The van der Waals surface area contributed by atoms with Crippen LogP contribution in [0.1, 0.15) is 10.7 Å². The van der Waals surface area contributed by atoms with Crippen LogP contribution in [-0.2, 0) is 4.74 Å². The van der Waals surface area contributed by atoms with Crippen LogP contribution >= 0.6 is 11.3 Å². The summed E-state index contributed by atoms with van der Waals surface area (Å²) < 4.78 is 5.40. The minimum absolute atomic E-state index is 0.465. The van der Waals surface area contributed by atoms with Crippen LogP contribution in [0, 0.1) is 13.8 Å². The molecule has 1 saturated heterocycles. The van der Waals surface area contributed by atoms with Gasteiger partial charge in [0, 0.05) is 25.0 Å². The smallest absolute Gasteiger partial charge is 0.250 e. The van der Waals surface area contributed by atoms with Crippen molar-refractivity contribution >= 4 is 28.7 Å². The van der Waals surface area contributed by atoms with Gasteiger partial charge in [0.25, 0.3) is 0 Å². The highest BCUT2D eigenvalue weighted by atomic mass is 32.1. The number of benzene rings is 1. The molecule has 26 heavy (non-hydrogen) atoms. The number of hydrogen-bond donors (Lipinski definition) is 0. The van der Waals surface area contributed by atoms with Gasteiger partial charge >= 0.3 is 0 Å². The first kappa shape index (κ1) is 16.9. The molecule has 0 aliphatic carbocycles. The molecule has 0 amide bonds. The largest absolute Gasteiger partial charge is 0.378 e. The van der Waals surface area contributed by atoms with E-state index in [1.165, 1.54) is 5.69 Å². The van der Waals surface area contributed by atoms with Crippen LogP contribution < -0.4 is 10.2 Å². The second-order valence-electron chi connectivity index (χ2n) is 6.12. The highest BCUT2D eigenvalue weighted by molar-refractivity contribution is 7.15. The first-order valence-corrected chi connectivity index (χ1v) is 9.42. The van der Waals surface area contributed by atoms with Crippen molar-refractivity contribution < 1.29 is 4.74 Å². The van der Waals surface area contributed by atoms with Gasteiger partial charge in [-0.05, 0) is 44.2 Å². The molecule has 2 aromatic heterocycles. The third-order valence-corrected chi connectivity index (χ3v) is 5.33. The highest BCUT2D eigenvalue weighted by Crippen LogP contribution is 2.29. The second-order valence-corrected chi connectivity index (χ2v) is 7.32. The Morgan fingerprint density at radius 3 is 2.50 bits per heavy atom. The maximum absolute atomic E-state index is 5.40. The van der Waals surface area contributed by atoms with Gasteiger partial charge in [0.15, 0.2) is 0 Å². The van der Waals surface area contributed by atoms with E-state index in [4.69, 9.17) is 4.74 Å². The van der Waals surface area contributed by atoms with Crippen molar-refractivity contribution in [3.05, 3.63) is 47.2 Å². The van der Waals surface area contributed by atoms with Crippen LogP contribution in [0.25, 0.3) is 10.6 Å². The number of thiazole rings is 1. The molecule has 6 nitrogen and oxygen atoms in total. The minimum atomic E-state index is 0.465. The average molecular weight is 366 g/mol. The third-order valence-electron chi connectivity index (χ3n) is 4.23. The lowest BCUT2D eigenvalue weighted by atomic mass is 10.2. The van der Waals surface area contributed by atoms with E-state index >= 15 is 0 Å². The molecular formula is C19H20N5OS. The summed E-state index contributed by atoms with van der Waals surface area (Å²) in [6.45, 7) is 7.42. The summed E-state index contributed by atoms with van der Waals surface area (Å²) in [5, 5.41) is 5.60. The summed E-state index contributed by atoms with van der Waals surface area (Å²) in [6.07, 6.45) is 1.75. The zero-order valence-corrected chi connectivity index (χ0v) is 15.7. The number of rotatable bonds is 4. The highest BCUT2D eigenvalue weighted by Gasteiger charge is 2.12. The number of aromatic nitrogens is 3. The molecule has 3 aromatic rings. The molecule has 0 N–H and O–H groups in total. The van der Waals surface area contributed by atoms with Gasteiger partial charge in [-0.1, -0.05) is 0 Å². The molecule has 7 heteroatoms. The predicted octanol–water partition coefficient (Wildman–Crippen LogP) is 3.62. The molecule has 3 heterocycles. The van der Waals surface area contributed by atoms with Crippen LogP contribution in [0.4, 0.5) is 17.3 Å². The maximum Gasteiger partial charge on any atom is 0.250 e. The molecule has 1 aliphatic heterocycles. The van der Waals surface area contributed by atoms with E-state index in [2.05, 4.69) is 37.3 Å². The van der Waals surface area contributed by atoms with Crippen molar-refractivity contribution in [2.75, 3.05) is 31.2 Å². The van der Waals surface area contributed by atoms with E-state index in [0.29, 0.717) is 5.95 Å². The Hall–Kier alpha value is -2.51. The summed E-state index contributed by atoms with van der Waals surface area (Å²) in [4.78, 5) is 16.7. The third kappa shape index (κ3) is 3.68. The van der Waals surface area contributed by atoms with Crippen molar-refractivity contribution in [1.29, 1.82) is 0 Å². The fourth-order valence-corrected chi connectivity index (χ4v) is 3.86. The van der Waals surface area contributed by atoms with Crippen LogP contribution in [0.3, 0.4) is 0 Å². The van der Waals surface area contributed by atoms with Crippen LogP contribution in [-0.4, -0.2) is 41.3 Å². The number of aryl methyl sites for hydroxylation is 2. The van der Waals surface area contributed by atoms with Gasteiger partial charge < -0.3 is 9.64 Å². The van der Waals surface area contributed by atoms with E-state index in [0.717, 1.165) is 53.3 Å². The predicted molar refractivity (Wildman–Crippen MR) is 104 cm³/mol. The number of morpholine rings is 1. The fraction of sp³-hybridized carbons (Fsp3) is 0.316. The van der Waals surface area contributed by atoms with Gasteiger partial charge in [-0.2, -0.15) is 0 Å². The lowest BCUT2D eigenvalue weighted by molar-refractivity contribution is 0.122. The Labute approximate surface area is 156 Å². The summed E-state index contributed by atoms with van der Waals surface area (Å²) in [5.41, 5.74) is 3.90. The van der Waals surface area contributed by atoms with Gasteiger partial charge in [-0.25, -0.2) is 20.3 Å². The molecule has 4 rings (SSSR count). The molecule has 1 fully saturated rings. The monoisotopic (exact) mass is 366 g/mol. The lowest BCUT2D eigenvalue weighted by Crippen LogP contribution is -2.36. The normalized spacial score (nSPS) is 14.5. The quantitative estimate of drug-likeness (QED) is 0.705. The maximum atomic E-state index is 5.40. The Kier molecular flexibility index (Phi) is 4.81. The molecule has 1 radical (unpaired) electrons. The number of hydrogen-bond acceptors (Lipinski definition) is 6. The zero-order chi connectivity index (χ0) is 17.9. The van der Waals surface area contributed by atoms with E-state index in [-0.39, 0.29) is 0 Å². The SMILES string of the molecule is Cc1nc(C)c(-c2ccnc([N]c3ccc(N4CCOCC4)cc3)n2)s1. The number of nitrogens with zero attached hydrogens (tertiary/aromatic N) is 5. The molecule has 1 aromatic carbocycles. The summed E-state index contributed by atoms with van der Waals surface area (Å²) in [5.74, 6) is 0.465. The molecule has 1 aliphatic rings. The van der Waals surface area contributed by atoms with Crippen molar-refractivity contribution in [3.8, 4) is 10.6 Å². The van der Waals surface area contributed by atoms with E-state index in [1.54, 1.807) is 17.5 Å². The number of anilines is 1. The lowest BCUT2D eigenvalue weighted by Gasteiger charge is -2.28. The van der Waals surface area contributed by atoms with E-state index < -0.39 is 0 Å². The zero-order valence-electron chi connectivity index (χ0n) is 14.8. The van der Waals surface area contributed by atoms with Crippen LogP contribution in [0.5, 0.6) is 0 Å². The Morgan fingerprint density at radius 2 is 1.81 bits per heavy atom. The first-order valence-electron chi connectivity index (χ1n) is 8.61. The molecular weight excluding hydrogens is 346 g/mol. The summed E-state index contributed by atoms with van der Waals surface area (Å²) >= 11 is 1.64. The van der Waals surface area contributed by atoms with E-state index in [1.807, 2.05) is 32.0 Å². The number of ether oxygens (including phenoxy) is 1. The van der Waals surface area contributed by atoms with Crippen molar-refractivity contribution in [2.24, 2.45) is 0 Å². The molecule has 0 saturated carbocycles. The molecule has 0 unspecified atom stereocenters. The molecule has 0 atom stereocenters. The standard InChI is InChI=1S/C19H20N5OS/c1-13-18(26-14(2)21-13)17-7-8-20-19(23-17)22-15-3-5-16(6-4-15)24-9-11-25-12-10-24/h3-8H,9-12H2,1-2H3. The Bertz CT molecular complexity index is 887. The van der Waals surface area contributed by atoms with Gasteiger partial charge in [0.1, 0.15) is 0 Å². The Morgan fingerprint density at radius 1 is 1.04 bits per heavy atom. The van der Waals surface area contributed by atoms with Crippen molar-refractivity contribution in [3.63, 3.8) is 0 Å². The van der Waals surface area contributed by atoms with Gasteiger partial charge in [-0.3, -0.25) is 0 Å². The van der Waals surface area contributed by atoms with Gasteiger partial charge in [-0.15, -0.1) is 11.3 Å². The van der Waals surface area contributed by atoms with E-state index in [9.17, 15) is 0 Å². The second kappa shape index (κ2) is 7.39. The topological polar surface area (TPSA) is 65.2 Å². The van der Waals surface area contributed by atoms with Gasteiger partial charge in [0.05, 0.1) is 40.2 Å². The minimum Gasteiger partial charge on any atom is -0.378 e. The van der Waals surface area contributed by atoms with Crippen LogP contribution in [0.15, 0.2) is 36.5 Å². The van der Waals surface area contributed by atoms with Crippen molar-refractivity contribution in [1.82, 2.24) is 20.3 Å². The molecule has 0 bridgehead atoms. The van der Waals surface area contributed by atoms with Crippen molar-refractivity contribution in [2.45, 2.75) is 13.8 Å². The molecule has 0 spiro atoms. The average Bonchev–Trinajstić information content (AvgIpc) is 3.01. The Balaban J connectivity index is 1.50.